The van der Waals surface area contributed by atoms with Gasteiger partial charge >= 0.3 is 5.91 Å². The second kappa shape index (κ2) is 5.69. The minimum atomic E-state index is -0.369. The summed E-state index contributed by atoms with van der Waals surface area (Å²) in [5.41, 5.74) is 3.07. The van der Waals surface area contributed by atoms with Crippen molar-refractivity contribution >= 4 is 16.9 Å². The minimum absolute atomic E-state index is 0.0523. The molecular weight excluding hydrogens is 268 g/mol. The lowest BCUT2D eigenvalue weighted by Crippen LogP contribution is -2.49. The number of amides is 1. The first-order valence-corrected chi connectivity index (χ1v) is 7.25. The molecule has 0 aliphatic carbocycles. The van der Waals surface area contributed by atoms with E-state index < -0.39 is 0 Å². The van der Waals surface area contributed by atoms with Crippen molar-refractivity contribution in [1.82, 2.24) is 10.4 Å². The third-order valence-corrected chi connectivity index (χ3v) is 3.91. The lowest BCUT2D eigenvalue weighted by Gasteiger charge is -2.32. The Morgan fingerprint density at radius 2 is 2.14 bits per heavy atom. The Morgan fingerprint density at radius 1 is 1.33 bits per heavy atom. The predicted molar refractivity (Wildman–Crippen MR) is 80.0 cm³/mol. The SMILES string of the molecule is CC1CCCCN1NC(=O)c1cc(=O)c2ccccc2o1. The number of fused-ring (bicyclic) bond motifs is 1. The number of rotatable bonds is 2. The molecule has 110 valence electrons. The molecular formula is C16H18N2O3. The van der Waals surface area contributed by atoms with E-state index >= 15 is 0 Å². The number of carbonyl (C=O) groups excluding carboxylic acids is 1. The topological polar surface area (TPSA) is 62.6 Å². The van der Waals surface area contributed by atoms with Crippen LogP contribution in [-0.2, 0) is 0 Å². The highest BCUT2D eigenvalue weighted by atomic mass is 16.3. The molecule has 0 bridgehead atoms. The third kappa shape index (κ3) is 2.83. The number of carbonyl (C=O) groups is 1. The lowest BCUT2D eigenvalue weighted by molar-refractivity contribution is 0.0587. The van der Waals surface area contributed by atoms with E-state index in [9.17, 15) is 9.59 Å². The van der Waals surface area contributed by atoms with Gasteiger partial charge in [-0.25, -0.2) is 5.01 Å². The van der Waals surface area contributed by atoms with Crippen LogP contribution in [0.5, 0.6) is 0 Å². The van der Waals surface area contributed by atoms with Crippen LogP contribution >= 0.6 is 0 Å². The van der Waals surface area contributed by atoms with Gasteiger partial charge in [-0.05, 0) is 31.9 Å². The van der Waals surface area contributed by atoms with Crippen molar-refractivity contribution in [3.8, 4) is 0 Å². The van der Waals surface area contributed by atoms with E-state index in [-0.39, 0.29) is 17.1 Å². The van der Waals surface area contributed by atoms with Gasteiger partial charge in [-0.2, -0.15) is 0 Å². The quantitative estimate of drug-likeness (QED) is 0.920. The van der Waals surface area contributed by atoms with E-state index in [1.807, 2.05) is 5.01 Å². The molecule has 1 fully saturated rings. The zero-order valence-electron chi connectivity index (χ0n) is 12.0. The van der Waals surface area contributed by atoms with Crippen molar-refractivity contribution in [1.29, 1.82) is 0 Å². The average molecular weight is 286 g/mol. The van der Waals surface area contributed by atoms with Crippen molar-refractivity contribution < 1.29 is 9.21 Å². The molecule has 2 aromatic rings. The highest BCUT2D eigenvalue weighted by Crippen LogP contribution is 2.15. The maximum Gasteiger partial charge on any atom is 0.301 e. The van der Waals surface area contributed by atoms with Crippen LogP contribution in [0, 0.1) is 0 Å². The van der Waals surface area contributed by atoms with Crippen LogP contribution < -0.4 is 10.9 Å². The zero-order chi connectivity index (χ0) is 14.8. The van der Waals surface area contributed by atoms with Gasteiger partial charge in [0.15, 0.2) is 11.2 Å². The van der Waals surface area contributed by atoms with Crippen LogP contribution in [0.3, 0.4) is 0 Å². The molecule has 1 saturated heterocycles. The van der Waals surface area contributed by atoms with Crippen LogP contribution in [0.1, 0.15) is 36.7 Å². The number of para-hydroxylation sites is 1. The van der Waals surface area contributed by atoms with E-state index in [0.29, 0.717) is 17.0 Å². The molecule has 5 heteroatoms. The number of benzene rings is 1. The molecule has 0 spiro atoms. The largest absolute Gasteiger partial charge is 0.451 e. The first-order valence-electron chi connectivity index (χ1n) is 7.25. The summed E-state index contributed by atoms with van der Waals surface area (Å²) in [6, 6.07) is 8.49. The highest BCUT2D eigenvalue weighted by molar-refractivity contribution is 5.92. The summed E-state index contributed by atoms with van der Waals surface area (Å²) in [7, 11) is 0. The summed E-state index contributed by atoms with van der Waals surface area (Å²) in [6.07, 6.45) is 3.30. The monoisotopic (exact) mass is 286 g/mol. The smallest absolute Gasteiger partial charge is 0.301 e. The second-order valence-electron chi connectivity index (χ2n) is 5.45. The van der Waals surface area contributed by atoms with E-state index in [0.717, 1.165) is 19.4 Å². The molecule has 21 heavy (non-hydrogen) atoms. The molecule has 1 aromatic carbocycles. The van der Waals surface area contributed by atoms with Gasteiger partial charge in [0.2, 0.25) is 0 Å². The van der Waals surface area contributed by atoms with Gasteiger partial charge < -0.3 is 4.42 Å². The van der Waals surface area contributed by atoms with Crippen LogP contribution in [0.25, 0.3) is 11.0 Å². The molecule has 2 heterocycles. The number of hydrogen-bond donors (Lipinski definition) is 1. The molecule has 1 atom stereocenters. The fourth-order valence-corrected chi connectivity index (χ4v) is 2.67. The van der Waals surface area contributed by atoms with E-state index in [4.69, 9.17) is 4.42 Å². The molecule has 1 unspecified atom stereocenters. The highest BCUT2D eigenvalue weighted by Gasteiger charge is 2.22. The minimum Gasteiger partial charge on any atom is -0.451 e. The van der Waals surface area contributed by atoms with Crippen molar-refractivity contribution in [3.05, 3.63) is 46.3 Å². The van der Waals surface area contributed by atoms with Gasteiger partial charge in [0, 0.05) is 18.7 Å². The van der Waals surface area contributed by atoms with Gasteiger partial charge in [0.05, 0.1) is 5.39 Å². The molecule has 1 N–H and O–H groups in total. The Morgan fingerprint density at radius 3 is 2.95 bits per heavy atom. The Hall–Kier alpha value is -2.14. The molecule has 1 aliphatic rings. The second-order valence-corrected chi connectivity index (χ2v) is 5.45. The molecule has 0 saturated carbocycles. The molecule has 0 radical (unpaired) electrons. The summed E-state index contributed by atoms with van der Waals surface area (Å²) in [6.45, 7) is 2.90. The molecule has 1 amide bonds. The van der Waals surface area contributed by atoms with Crippen molar-refractivity contribution in [2.45, 2.75) is 32.2 Å². The fraction of sp³-hybridized carbons (Fsp3) is 0.375. The summed E-state index contributed by atoms with van der Waals surface area (Å²) < 4.78 is 5.54. The predicted octanol–water partition coefficient (Wildman–Crippen LogP) is 2.31. The van der Waals surface area contributed by atoms with Gasteiger partial charge in [0.25, 0.3) is 0 Å². The third-order valence-electron chi connectivity index (χ3n) is 3.91. The normalized spacial score (nSPS) is 19.6. The fourth-order valence-electron chi connectivity index (χ4n) is 2.67. The molecule has 5 nitrogen and oxygen atoms in total. The standard InChI is InChI=1S/C16H18N2O3/c1-11-6-4-5-9-18(11)17-16(20)15-10-13(19)12-7-2-3-8-14(12)21-15/h2-3,7-8,10-11H,4-6,9H2,1H3,(H,17,20). The Bertz CT molecular complexity index is 723. The summed E-state index contributed by atoms with van der Waals surface area (Å²) in [4.78, 5) is 24.3. The Balaban J connectivity index is 1.86. The summed E-state index contributed by atoms with van der Waals surface area (Å²) >= 11 is 0. The first-order chi connectivity index (χ1) is 10.1. The first kappa shape index (κ1) is 13.8. The van der Waals surface area contributed by atoms with Gasteiger partial charge in [-0.3, -0.25) is 15.0 Å². The van der Waals surface area contributed by atoms with Crippen LogP contribution in [0.4, 0.5) is 0 Å². The van der Waals surface area contributed by atoms with E-state index in [1.54, 1.807) is 24.3 Å². The molecule has 1 aromatic heterocycles. The Labute approximate surface area is 122 Å². The van der Waals surface area contributed by atoms with Crippen molar-refractivity contribution in [2.75, 3.05) is 6.54 Å². The van der Waals surface area contributed by atoms with Crippen LogP contribution in [0.2, 0.25) is 0 Å². The van der Waals surface area contributed by atoms with Gasteiger partial charge in [0.1, 0.15) is 5.58 Å². The van der Waals surface area contributed by atoms with E-state index in [2.05, 4.69) is 12.3 Å². The number of nitrogens with zero attached hydrogens (tertiary/aromatic N) is 1. The van der Waals surface area contributed by atoms with Gasteiger partial charge in [-0.15, -0.1) is 0 Å². The maximum absolute atomic E-state index is 12.3. The summed E-state index contributed by atoms with van der Waals surface area (Å²) in [5, 5.41) is 2.40. The van der Waals surface area contributed by atoms with Gasteiger partial charge in [-0.1, -0.05) is 18.6 Å². The average Bonchev–Trinajstić information content (AvgIpc) is 2.49. The van der Waals surface area contributed by atoms with Crippen LogP contribution in [-0.4, -0.2) is 23.5 Å². The number of hydrogen-bond acceptors (Lipinski definition) is 4. The zero-order valence-corrected chi connectivity index (χ0v) is 12.0. The number of piperidine rings is 1. The van der Waals surface area contributed by atoms with Crippen LogP contribution in [0.15, 0.2) is 39.5 Å². The van der Waals surface area contributed by atoms with E-state index in [1.165, 1.54) is 12.5 Å². The molecule has 1 aliphatic heterocycles. The lowest BCUT2D eigenvalue weighted by atomic mass is 10.1. The number of hydrazine groups is 1. The number of nitrogens with one attached hydrogen (secondary N) is 1. The Kier molecular flexibility index (Phi) is 3.75. The van der Waals surface area contributed by atoms with Crippen molar-refractivity contribution in [2.24, 2.45) is 0 Å². The molecule has 3 rings (SSSR count). The van der Waals surface area contributed by atoms with Crippen molar-refractivity contribution in [3.63, 3.8) is 0 Å². The summed E-state index contributed by atoms with van der Waals surface area (Å²) in [5.74, 6) is -0.317. The maximum atomic E-state index is 12.3.